The first-order valence-electron chi connectivity index (χ1n) is 5.79. The molecule has 5 nitrogen and oxygen atoms in total. The predicted octanol–water partition coefficient (Wildman–Crippen LogP) is 2.59. The maximum absolute atomic E-state index is 12.1. The van der Waals surface area contributed by atoms with Gasteiger partial charge in [-0.05, 0) is 31.2 Å². The van der Waals surface area contributed by atoms with Gasteiger partial charge in [-0.1, -0.05) is 0 Å². The third-order valence-corrected chi connectivity index (χ3v) is 3.62. The average Bonchev–Trinajstić information content (AvgIpc) is 2.94. The summed E-state index contributed by atoms with van der Waals surface area (Å²) in [5.41, 5.74) is 4.87. The van der Waals surface area contributed by atoms with Crippen molar-refractivity contribution in [1.82, 2.24) is 14.8 Å². The van der Waals surface area contributed by atoms with E-state index in [2.05, 4.69) is 15.4 Å². The van der Waals surface area contributed by atoms with Crippen molar-refractivity contribution >= 4 is 33.1 Å². The summed E-state index contributed by atoms with van der Waals surface area (Å²) in [7, 11) is 1.76. The van der Waals surface area contributed by atoms with Crippen LogP contribution in [0.1, 0.15) is 16.2 Å². The second-order valence-corrected chi connectivity index (χ2v) is 5.17. The number of thiazole rings is 1. The Morgan fingerprint density at radius 2 is 2.21 bits per heavy atom. The molecular weight excluding hydrogens is 260 g/mol. The fourth-order valence-electron chi connectivity index (χ4n) is 1.95. The number of carbonyl (C=O) groups is 1. The number of carbonyl (C=O) groups excluding carboxylic acids is 1. The van der Waals surface area contributed by atoms with Gasteiger partial charge in [-0.25, -0.2) is 4.98 Å². The van der Waals surface area contributed by atoms with E-state index in [1.807, 2.05) is 25.1 Å². The largest absolute Gasteiger partial charge is 0.321 e. The van der Waals surface area contributed by atoms with E-state index in [9.17, 15) is 4.79 Å². The monoisotopic (exact) mass is 272 g/mol. The quantitative estimate of drug-likeness (QED) is 0.780. The molecule has 6 heteroatoms. The van der Waals surface area contributed by atoms with Gasteiger partial charge in [0.25, 0.3) is 5.91 Å². The summed E-state index contributed by atoms with van der Waals surface area (Å²) in [6.45, 7) is 1.86. The fraction of sp³-hybridized carbons (Fsp3) is 0.154. The van der Waals surface area contributed by atoms with Crippen LogP contribution in [0.25, 0.3) is 10.2 Å². The van der Waals surface area contributed by atoms with E-state index >= 15 is 0 Å². The molecule has 0 bridgehead atoms. The number of fused-ring (bicyclic) bond motifs is 1. The topological polar surface area (TPSA) is 59.8 Å². The number of aromatic nitrogens is 3. The molecule has 19 heavy (non-hydrogen) atoms. The number of nitrogens with zero attached hydrogens (tertiary/aromatic N) is 3. The zero-order valence-electron chi connectivity index (χ0n) is 10.5. The van der Waals surface area contributed by atoms with E-state index < -0.39 is 0 Å². The minimum Gasteiger partial charge on any atom is -0.321 e. The standard InChI is InChI=1S/C13H12N4OS/c1-8-5-11(17(2)16-8)13(18)15-9-3-4-10-12(6-9)19-7-14-10/h3-7H,1-2H3,(H,15,18). The Morgan fingerprint density at radius 1 is 1.37 bits per heavy atom. The number of amides is 1. The molecule has 2 aromatic heterocycles. The van der Waals surface area contributed by atoms with Crippen LogP contribution in [0.15, 0.2) is 29.8 Å². The Morgan fingerprint density at radius 3 is 2.95 bits per heavy atom. The van der Waals surface area contributed by atoms with Crippen molar-refractivity contribution in [1.29, 1.82) is 0 Å². The van der Waals surface area contributed by atoms with Gasteiger partial charge in [0.15, 0.2) is 0 Å². The van der Waals surface area contributed by atoms with Gasteiger partial charge in [0, 0.05) is 12.7 Å². The molecule has 0 saturated heterocycles. The molecule has 0 radical (unpaired) electrons. The Labute approximate surface area is 113 Å². The summed E-state index contributed by atoms with van der Waals surface area (Å²) < 4.78 is 2.63. The summed E-state index contributed by atoms with van der Waals surface area (Å²) in [5, 5.41) is 7.04. The van der Waals surface area contributed by atoms with Crippen molar-refractivity contribution < 1.29 is 4.79 Å². The van der Waals surface area contributed by atoms with Gasteiger partial charge in [0.05, 0.1) is 21.4 Å². The first-order chi connectivity index (χ1) is 9.13. The first-order valence-corrected chi connectivity index (χ1v) is 6.67. The number of anilines is 1. The van der Waals surface area contributed by atoms with E-state index in [-0.39, 0.29) is 5.91 Å². The van der Waals surface area contributed by atoms with Gasteiger partial charge in [-0.3, -0.25) is 9.48 Å². The van der Waals surface area contributed by atoms with Crippen LogP contribution in [0.2, 0.25) is 0 Å². The van der Waals surface area contributed by atoms with E-state index in [1.54, 1.807) is 34.6 Å². The van der Waals surface area contributed by atoms with E-state index in [4.69, 9.17) is 0 Å². The van der Waals surface area contributed by atoms with Crippen LogP contribution in [-0.2, 0) is 7.05 Å². The normalized spacial score (nSPS) is 10.8. The Kier molecular flexibility index (Phi) is 2.79. The van der Waals surface area contributed by atoms with Gasteiger partial charge in [-0.15, -0.1) is 11.3 Å². The van der Waals surface area contributed by atoms with Crippen molar-refractivity contribution in [2.45, 2.75) is 6.92 Å². The number of nitrogens with one attached hydrogen (secondary N) is 1. The van der Waals surface area contributed by atoms with Gasteiger partial charge >= 0.3 is 0 Å². The highest BCUT2D eigenvalue weighted by Crippen LogP contribution is 2.22. The molecule has 0 atom stereocenters. The molecule has 0 unspecified atom stereocenters. The van der Waals surface area contributed by atoms with Crippen LogP contribution in [0.5, 0.6) is 0 Å². The maximum atomic E-state index is 12.1. The third-order valence-electron chi connectivity index (χ3n) is 2.82. The Bertz CT molecular complexity index is 759. The van der Waals surface area contributed by atoms with Crippen LogP contribution in [0.3, 0.4) is 0 Å². The molecule has 1 aromatic carbocycles. The van der Waals surface area contributed by atoms with Crippen LogP contribution < -0.4 is 5.32 Å². The zero-order chi connectivity index (χ0) is 13.4. The molecule has 0 spiro atoms. The summed E-state index contributed by atoms with van der Waals surface area (Å²) >= 11 is 1.55. The molecular formula is C13H12N4OS. The summed E-state index contributed by atoms with van der Waals surface area (Å²) in [5.74, 6) is -0.160. The van der Waals surface area contributed by atoms with Crippen molar-refractivity contribution in [2.24, 2.45) is 7.05 Å². The lowest BCUT2D eigenvalue weighted by Gasteiger charge is -2.05. The number of hydrogen-bond donors (Lipinski definition) is 1. The molecule has 0 fully saturated rings. The van der Waals surface area contributed by atoms with Crippen molar-refractivity contribution in [3.8, 4) is 0 Å². The first kappa shape index (κ1) is 11.9. The Hall–Kier alpha value is -2.21. The molecule has 3 rings (SSSR count). The van der Waals surface area contributed by atoms with Crippen molar-refractivity contribution in [3.63, 3.8) is 0 Å². The lowest BCUT2D eigenvalue weighted by Crippen LogP contribution is -2.15. The maximum Gasteiger partial charge on any atom is 0.273 e. The number of benzene rings is 1. The number of hydrogen-bond acceptors (Lipinski definition) is 4. The van der Waals surface area contributed by atoms with Crippen LogP contribution in [-0.4, -0.2) is 20.7 Å². The SMILES string of the molecule is Cc1cc(C(=O)Nc2ccc3ncsc3c2)n(C)n1. The van der Waals surface area contributed by atoms with Crippen molar-refractivity contribution in [3.05, 3.63) is 41.2 Å². The highest BCUT2D eigenvalue weighted by molar-refractivity contribution is 7.16. The highest BCUT2D eigenvalue weighted by Gasteiger charge is 2.12. The van der Waals surface area contributed by atoms with Gasteiger partial charge in [-0.2, -0.15) is 5.10 Å². The third kappa shape index (κ3) is 2.22. The molecule has 96 valence electrons. The minimum atomic E-state index is -0.160. The number of rotatable bonds is 2. The zero-order valence-corrected chi connectivity index (χ0v) is 11.4. The fourth-order valence-corrected chi connectivity index (χ4v) is 2.67. The van der Waals surface area contributed by atoms with E-state index in [0.29, 0.717) is 5.69 Å². The summed E-state index contributed by atoms with van der Waals surface area (Å²) in [6.07, 6.45) is 0. The second kappa shape index (κ2) is 4.47. The minimum absolute atomic E-state index is 0.160. The van der Waals surface area contributed by atoms with Gasteiger partial charge in [0.1, 0.15) is 5.69 Å². The predicted molar refractivity (Wildman–Crippen MR) is 75.5 cm³/mol. The second-order valence-electron chi connectivity index (χ2n) is 4.28. The molecule has 1 N–H and O–H groups in total. The molecule has 0 saturated carbocycles. The van der Waals surface area contributed by atoms with E-state index in [1.165, 1.54) is 0 Å². The average molecular weight is 272 g/mol. The Balaban J connectivity index is 1.88. The summed E-state index contributed by atoms with van der Waals surface area (Å²) in [6, 6.07) is 7.44. The molecule has 3 aromatic rings. The van der Waals surface area contributed by atoms with Gasteiger partial charge in [0.2, 0.25) is 0 Å². The number of aryl methyl sites for hydroxylation is 2. The molecule has 0 aliphatic rings. The van der Waals surface area contributed by atoms with Crippen LogP contribution >= 0.6 is 11.3 Å². The lowest BCUT2D eigenvalue weighted by molar-refractivity contribution is 0.101. The molecule has 0 aliphatic heterocycles. The summed E-state index contributed by atoms with van der Waals surface area (Å²) in [4.78, 5) is 16.3. The van der Waals surface area contributed by atoms with E-state index in [0.717, 1.165) is 21.6 Å². The smallest absolute Gasteiger partial charge is 0.273 e. The molecule has 0 aliphatic carbocycles. The van der Waals surface area contributed by atoms with Crippen LogP contribution in [0, 0.1) is 6.92 Å². The molecule has 1 amide bonds. The van der Waals surface area contributed by atoms with Gasteiger partial charge < -0.3 is 5.32 Å². The lowest BCUT2D eigenvalue weighted by atomic mass is 10.3. The van der Waals surface area contributed by atoms with Crippen molar-refractivity contribution in [2.75, 3.05) is 5.32 Å². The highest BCUT2D eigenvalue weighted by atomic mass is 32.1. The molecule has 2 heterocycles. The van der Waals surface area contributed by atoms with Crippen LogP contribution in [0.4, 0.5) is 5.69 Å².